The lowest BCUT2D eigenvalue weighted by atomic mass is 10.3. The molecule has 1 heterocycles. The highest BCUT2D eigenvalue weighted by atomic mass is 127. The van der Waals surface area contributed by atoms with Crippen LogP contribution in [0.5, 0.6) is 0 Å². The third-order valence-corrected chi connectivity index (χ3v) is 4.61. The number of hydrogen-bond acceptors (Lipinski definition) is 1. The maximum Gasteiger partial charge on any atom is 0.182 e. The molecule has 0 amide bonds. The van der Waals surface area contributed by atoms with Gasteiger partial charge in [-0.05, 0) is 87.7 Å². The van der Waals surface area contributed by atoms with Crippen LogP contribution in [-0.4, -0.2) is 9.55 Å². The SMILES string of the molecule is S=c1[nH]c2cc(I)ccc2n1-c1ccccc1I. The van der Waals surface area contributed by atoms with Crippen LogP contribution in [0.25, 0.3) is 16.7 Å². The van der Waals surface area contributed by atoms with Gasteiger partial charge in [-0.25, -0.2) is 0 Å². The zero-order valence-electron chi connectivity index (χ0n) is 9.15. The minimum Gasteiger partial charge on any atom is -0.330 e. The van der Waals surface area contributed by atoms with E-state index in [0.29, 0.717) is 0 Å². The van der Waals surface area contributed by atoms with Gasteiger partial charge in [-0.1, -0.05) is 12.1 Å². The smallest absolute Gasteiger partial charge is 0.182 e. The van der Waals surface area contributed by atoms with Gasteiger partial charge < -0.3 is 4.98 Å². The van der Waals surface area contributed by atoms with Crippen LogP contribution in [0.2, 0.25) is 0 Å². The predicted molar refractivity (Wildman–Crippen MR) is 93.9 cm³/mol. The number of hydrogen-bond donors (Lipinski definition) is 1. The molecular weight excluding hydrogens is 470 g/mol. The Balaban J connectivity index is 2.40. The van der Waals surface area contributed by atoms with Gasteiger partial charge in [0.15, 0.2) is 4.77 Å². The lowest BCUT2D eigenvalue weighted by Crippen LogP contribution is -1.96. The van der Waals surface area contributed by atoms with Crippen molar-refractivity contribution >= 4 is 68.4 Å². The molecule has 90 valence electrons. The molecule has 0 aliphatic heterocycles. The molecule has 2 nitrogen and oxygen atoms in total. The average molecular weight is 478 g/mol. The van der Waals surface area contributed by atoms with Gasteiger partial charge >= 0.3 is 0 Å². The Morgan fingerprint density at radius 1 is 1.06 bits per heavy atom. The van der Waals surface area contributed by atoms with E-state index in [4.69, 9.17) is 12.2 Å². The van der Waals surface area contributed by atoms with Crippen molar-refractivity contribution in [1.29, 1.82) is 0 Å². The van der Waals surface area contributed by atoms with Crippen molar-refractivity contribution in [2.24, 2.45) is 0 Å². The first kappa shape index (κ1) is 12.6. The molecule has 0 saturated carbocycles. The fraction of sp³-hybridized carbons (Fsp3) is 0. The summed E-state index contributed by atoms with van der Waals surface area (Å²) in [7, 11) is 0. The Morgan fingerprint density at radius 3 is 2.61 bits per heavy atom. The monoisotopic (exact) mass is 478 g/mol. The molecule has 0 atom stereocenters. The summed E-state index contributed by atoms with van der Waals surface area (Å²) < 4.78 is 5.20. The highest BCUT2D eigenvalue weighted by Crippen LogP contribution is 2.24. The Labute approximate surface area is 137 Å². The van der Waals surface area contributed by atoms with E-state index in [2.05, 4.69) is 85.1 Å². The van der Waals surface area contributed by atoms with Crippen LogP contribution in [0.1, 0.15) is 0 Å². The van der Waals surface area contributed by atoms with E-state index in [1.165, 1.54) is 7.14 Å². The molecule has 3 rings (SSSR count). The van der Waals surface area contributed by atoms with Gasteiger partial charge in [-0.2, -0.15) is 0 Å². The lowest BCUT2D eigenvalue weighted by Gasteiger charge is -2.06. The number of aromatic amines is 1. The summed E-state index contributed by atoms with van der Waals surface area (Å²) in [4.78, 5) is 3.26. The van der Waals surface area contributed by atoms with E-state index in [9.17, 15) is 0 Å². The van der Waals surface area contributed by atoms with Gasteiger partial charge in [0.05, 0.1) is 16.7 Å². The second-order valence-electron chi connectivity index (χ2n) is 3.88. The van der Waals surface area contributed by atoms with Crippen LogP contribution < -0.4 is 0 Å². The molecule has 0 fully saturated rings. The molecule has 1 N–H and O–H groups in total. The Kier molecular flexibility index (Phi) is 3.46. The van der Waals surface area contributed by atoms with Crippen LogP contribution in [0.3, 0.4) is 0 Å². The van der Waals surface area contributed by atoms with E-state index >= 15 is 0 Å². The molecule has 2 aromatic carbocycles. The lowest BCUT2D eigenvalue weighted by molar-refractivity contribution is 1.06. The minimum atomic E-state index is 0.733. The standard InChI is InChI=1S/C13H8I2N2S/c14-8-5-6-12-10(7-8)16-13(18)17(12)11-4-2-1-3-9(11)15/h1-7H,(H,16,18). The first-order valence-electron chi connectivity index (χ1n) is 5.32. The first-order chi connectivity index (χ1) is 8.66. The molecule has 0 radical (unpaired) electrons. The number of benzene rings is 2. The second kappa shape index (κ2) is 4.93. The van der Waals surface area contributed by atoms with Gasteiger partial charge in [-0.15, -0.1) is 0 Å². The number of para-hydroxylation sites is 1. The van der Waals surface area contributed by atoms with Gasteiger partial charge in [0, 0.05) is 7.14 Å². The average Bonchev–Trinajstić information content (AvgIpc) is 2.65. The van der Waals surface area contributed by atoms with Crippen LogP contribution in [0.4, 0.5) is 0 Å². The van der Waals surface area contributed by atoms with Gasteiger partial charge in [0.25, 0.3) is 0 Å². The molecule has 18 heavy (non-hydrogen) atoms. The molecule has 0 aliphatic carbocycles. The van der Waals surface area contributed by atoms with Crippen molar-refractivity contribution in [2.45, 2.75) is 0 Å². The zero-order valence-corrected chi connectivity index (χ0v) is 14.3. The van der Waals surface area contributed by atoms with Crippen molar-refractivity contribution in [3.63, 3.8) is 0 Å². The Hall–Kier alpha value is -0.410. The number of nitrogens with zero attached hydrogens (tertiary/aromatic N) is 1. The van der Waals surface area contributed by atoms with Crippen LogP contribution in [-0.2, 0) is 0 Å². The summed E-state index contributed by atoms with van der Waals surface area (Å²) in [6.07, 6.45) is 0. The number of nitrogens with one attached hydrogen (secondary N) is 1. The number of imidazole rings is 1. The first-order valence-corrected chi connectivity index (χ1v) is 7.88. The maximum atomic E-state index is 5.44. The maximum absolute atomic E-state index is 5.44. The topological polar surface area (TPSA) is 20.7 Å². The fourth-order valence-electron chi connectivity index (χ4n) is 1.96. The Morgan fingerprint density at radius 2 is 1.83 bits per heavy atom. The van der Waals surface area contributed by atoms with E-state index in [1.807, 2.05) is 12.1 Å². The van der Waals surface area contributed by atoms with Crippen molar-refractivity contribution in [3.8, 4) is 5.69 Å². The summed E-state index contributed by atoms with van der Waals surface area (Å²) in [5.41, 5.74) is 3.31. The fourth-order valence-corrected chi connectivity index (χ4v) is 3.38. The molecule has 1 aromatic heterocycles. The highest BCUT2D eigenvalue weighted by Gasteiger charge is 2.08. The molecular formula is C13H8I2N2S. The number of H-pyrrole nitrogens is 1. The van der Waals surface area contributed by atoms with E-state index < -0.39 is 0 Å². The second-order valence-corrected chi connectivity index (χ2v) is 6.67. The molecule has 3 aromatic rings. The van der Waals surface area contributed by atoms with Crippen LogP contribution in [0, 0.1) is 11.9 Å². The van der Waals surface area contributed by atoms with Crippen LogP contribution in [0.15, 0.2) is 42.5 Å². The highest BCUT2D eigenvalue weighted by molar-refractivity contribution is 14.1. The van der Waals surface area contributed by atoms with E-state index in [0.717, 1.165) is 21.5 Å². The van der Waals surface area contributed by atoms with Crippen molar-refractivity contribution in [2.75, 3.05) is 0 Å². The molecule has 0 aliphatic rings. The van der Waals surface area contributed by atoms with Crippen molar-refractivity contribution < 1.29 is 0 Å². The third kappa shape index (κ3) is 2.12. The molecule has 0 saturated heterocycles. The molecule has 0 bridgehead atoms. The van der Waals surface area contributed by atoms with Crippen molar-refractivity contribution in [3.05, 3.63) is 54.4 Å². The number of fused-ring (bicyclic) bond motifs is 1. The number of halogens is 2. The summed E-state index contributed by atoms with van der Waals surface area (Å²) in [6.45, 7) is 0. The molecule has 0 spiro atoms. The molecule has 5 heteroatoms. The summed E-state index contributed by atoms with van der Waals surface area (Å²) in [6, 6.07) is 14.5. The Bertz CT molecular complexity index is 789. The van der Waals surface area contributed by atoms with Gasteiger partial charge in [0.1, 0.15) is 0 Å². The summed E-state index contributed by atoms with van der Waals surface area (Å²) in [5, 5.41) is 0. The normalized spacial score (nSPS) is 11.0. The van der Waals surface area contributed by atoms with Gasteiger partial charge in [0.2, 0.25) is 0 Å². The van der Waals surface area contributed by atoms with E-state index in [1.54, 1.807) is 0 Å². The number of rotatable bonds is 1. The minimum absolute atomic E-state index is 0.733. The van der Waals surface area contributed by atoms with Gasteiger partial charge in [-0.3, -0.25) is 4.57 Å². The summed E-state index contributed by atoms with van der Waals surface area (Å²) >= 11 is 10.1. The predicted octanol–water partition coefficient (Wildman–Crippen LogP) is 4.90. The third-order valence-electron chi connectivity index (χ3n) is 2.74. The molecule has 0 unspecified atom stereocenters. The van der Waals surface area contributed by atoms with Crippen LogP contribution >= 0.6 is 57.4 Å². The largest absolute Gasteiger partial charge is 0.330 e. The number of aromatic nitrogens is 2. The quantitative estimate of drug-likeness (QED) is 0.390. The van der Waals surface area contributed by atoms with E-state index in [-0.39, 0.29) is 0 Å². The van der Waals surface area contributed by atoms with Crippen molar-refractivity contribution in [1.82, 2.24) is 9.55 Å². The summed E-state index contributed by atoms with van der Waals surface area (Å²) in [5.74, 6) is 0. The zero-order chi connectivity index (χ0) is 12.7.